The number of nitro benzene ring substituents is 1. The van der Waals surface area contributed by atoms with E-state index in [4.69, 9.17) is 10.5 Å². The molecule has 1 aromatic carbocycles. The summed E-state index contributed by atoms with van der Waals surface area (Å²) in [5, 5.41) is 14.9. The van der Waals surface area contributed by atoms with Crippen molar-refractivity contribution in [2.75, 3.05) is 17.6 Å². The van der Waals surface area contributed by atoms with E-state index in [2.05, 4.69) is 15.3 Å². The Hall–Kier alpha value is -3.27. The Balaban J connectivity index is 1.35. The molecule has 0 saturated carbocycles. The van der Waals surface area contributed by atoms with E-state index in [1.54, 1.807) is 29.5 Å². The van der Waals surface area contributed by atoms with Crippen LogP contribution in [0.2, 0.25) is 0 Å². The van der Waals surface area contributed by atoms with E-state index in [1.807, 2.05) is 0 Å². The standard InChI is InChI=1S/C21H23N5O4S/c22-20-19-13-6-2-1-3-9-16(13)31-21(19)25-17(24-20)12-30-18(27)10-11-23-14-7-4-5-8-15(14)26(28)29/h4-5,7-8,23H,1-3,6,9-12H2,(H2,22,24,25). The first kappa shape index (κ1) is 21.0. The zero-order valence-corrected chi connectivity index (χ0v) is 17.7. The van der Waals surface area contributed by atoms with E-state index in [0.717, 1.165) is 29.5 Å². The number of aromatic nitrogens is 2. The normalized spacial score (nSPS) is 13.4. The van der Waals surface area contributed by atoms with Gasteiger partial charge in [-0.3, -0.25) is 14.9 Å². The molecule has 9 nitrogen and oxygen atoms in total. The molecule has 3 aromatic rings. The number of nitro groups is 1. The second kappa shape index (κ2) is 9.25. The largest absolute Gasteiger partial charge is 0.457 e. The highest BCUT2D eigenvalue weighted by Crippen LogP contribution is 2.37. The summed E-state index contributed by atoms with van der Waals surface area (Å²) in [5.74, 6) is 0.366. The summed E-state index contributed by atoms with van der Waals surface area (Å²) in [7, 11) is 0. The number of hydrogen-bond donors (Lipinski definition) is 2. The Labute approximate surface area is 182 Å². The zero-order chi connectivity index (χ0) is 21.8. The number of esters is 1. The molecule has 162 valence electrons. The van der Waals surface area contributed by atoms with Gasteiger partial charge in [-0.2, -0.15) is 0 Å². The van der Waals surface area contributed by atoms with Crippen LogP contribution in [0.15, 0.2) is 24.3 Å². The molecule has 4 rings (SSSR count). The maximum atomic E-state index is 12.1. The minimum atomic E-state index is -0.470. The van der Waals surface area contributed by atoms with Crippen LogP contribution >= 0.6 is 11.3 Å². The second-order valence-electron chi connectivity index (χ2n) is 7.38. The van der Waals surface area contributed by atoms with Crippen molar-refractivity contribution in [2.45, 2.75) is 45.1 Å². The van der Waals surface area contributed by atoms with E-state index in [1.165, 1.54) is 29.3 Å². The number of nitrogens with zero attached hydrogens (tertiary/aromatic N) is 3. The van der Waals surface area contributed by atoms with Gasteiger partial charge in [0.05, 0.1) is 16.7 Å². The maximum Gasteiger partial charge on any atom is 0.308 e. The third-order valence-electron chi connectivity index (χ3n) is 5.25. The van der Waals surface area contributed by atoms with Gasteiger partial charge in [0.15, 0.2) is 12.4 Å². The molecule has 31 heavy (non-hydrogen) atoms. The van der Waals surface area contributed by atoms with Gasteiger partial charge in [-0.05, 0) is 37.3 Å². The second-order valence-corrected chi connectivity index (χ2v) is 8.47. The number of nitrogens with two attached hydrogens (primary N) is 1. The predicted molar refractivity (Wildman–Crippen MR) is 119 cm³/mol. The lowest BCUT2D eigenvalue weighted by Gasteiger charge is -2.08. The maximum absolute atomic E-state index is 12.1. The number of ether oxygens (including phenoxy) is 1. The highest BCUT2D eigenvalue weighted by Gasteiger charge is 2.19. The lowest BCUT2D eigenvalue weighted by Crippen LogP contribution is -2.13. The van der Waals surface area contributed by atoms with Crippen molar-refractivity contribution < 1.29 is 14.5 Å². The Morgan fingerprint density at radius 1 is 1.23 bits per heavy atom. The molecule has 3 N–H and O–H groups in total. The van der Waals surface area contributed by atoms with Crippen LogP contribution in [-0.2, 0) is 29.0 Å². The monoisotopic (exact) mass is 441 g/mol. The van der Waals surface area contributed by atoms with Gasteiger partial charge >= 0.3 is 5.97 Å². The van der Waals surface area contributed by atoms with Crippen LogP contribution in [0.1, 0.15) is 41.9 Å². The number of nitrogens with one attached hydrogen (secondary N) is 1. The fourth-order valence-corrected chi connectivity index (χ4v) is 5.06. The number of nitrogen functional groups attached to an aromatic ring is 1. The van der Waals surface area contributed by atoms with E-state index in [0.29, 0.717) is 17.3 Å². The van der Waals surface area contributed by atoms with E-state index in [-0.39, 0.29) is 25.3 Å². The van der Waals surface area contributed by atoms with Crippen molar-refractivity contribution in [3.05, 3.63) is 50.6 Å². The van der Waals surface area contributed by atoms with Crippen molar-refractivity contribution in [1.82, 2.24) is 9.97 Å². The molecule has 0 unspecified atom stereocenters. The third-order valence-corrected chi connectivity index (χ3v) is 6.43. The zero-order valence-electron chi connectivity index (χ0n) is 16.9. The van der Waals surface area contributed by atoms with Crippen LogP contribution < -0.4 is 11.1 Å². The van der Waals surface area contributed by atoms with Gasteiger partial charge in [-0.1, -0.05) is 18.6 Å². The van der Waals surface area contributed by atoms with Gasteiger partial charge in [0.2, 0.25) is 0 Å². The summed E-state index contributed by atoms with van der Waals surface area (Å²) < 4.78 is 5.28. The molecule has 2 aromatic heterocycles. The molecule has 0 spiro atoms. The van der Waals surface area contributed by atoms with Gasteiger partial charge in [0, 0.05) is 17.5 Å². The quantitative estimate of drug-likeness (QED) is 0.243. The molecule has 0 amide bonds. The molecule has 0 saturated heterocycles. The van der Waals surface area contributed by atoms with Crippen molar-refractivity contribution in [3.63, 3.8) is 0 Å². The number of anilines is 2. The number of thiophene rings is 1. The molecule has 0 radical (unpaired) electrons. The summed E-state index contributed by atoms with van der Waals surface area (Å²) in [6, 6.07) is 6.28. The van der Waals surface area contributed by atoms with Gasteiger partial charge in [0.25, 0.3) is 5.69 Å². The molecule has 1 aliphatic carbocycles. The van der Waals surface area contributed by atoms with Gasteiger partial charge in [-0.15, -0.1) is 11.3 Å². The number of benzene rings is 1. The molecule has 0 aliphatic heterocycles. The lowest BCUT2D eigenvalue weighted by atomic mass is 10.1. The number of rotatable bonds is 7. The average Bonchev–Trinajstić information content (AvgIpc) is 2.94. The smallest absolute Gasteiger partial charge is 0.308 e. The summed E-state index contributed by atoms with van der Waals surface area (Å²) in [6.07, 6.45) is 5.66. The topological polar surface area (TPSA) is 133 Å². The number of fused-ring (bicyclic) bond motifs is 3. The van der Waals surface area contributed by atoms with Crippen LogP contribution in [0.25, 0.3) is 10.2 Å². The fourth-order valence-electron chi connectivity index (χ4n) is 3.77. The van der Waals surface area contributed by atoms with Crippen molar-refractivity contribution >= 4 is 44.7 Å². The predicted octanol–water partition coefficient (Wildman–Crippen LogP) is 4.00. The Bertz CT molecular complexity index is 1130. The highest BCUT2D eigenvalue weighted by molar-refractivity contribution is 7.19. The molecule has 2 heterocycles. The highest BCUT2D eigenvalue weighted by atomic mass is 32.1. The van der Waals surface area contributed by atoms with Crippen LogP contribution in [0.4, 0.5) is 17.2 Å². The first-order chi connectivity index (χ1) is 15.0. The number of para-hydroxylation sites is 2. The van der Waals surface area contributed by atoms with Gasteiger partial charge in [0.1, 0.15) is 16.3 Å². The number of aryl methyl sites for hydroxylation is 2. The summed E-state index contributed by atoms with van der Waals surface area (Å²) in [5.41, 5.74) is 7.81. The number of carbonyl (C=O) groups is 1. The fraction of sp³-hybridized carbons (Fsp3) is 0.381. The van der Waals surface area contributed by atoms with Crippen molar-refractivity contribution in [3.8, 4) is 0 Å². The Kier molecular flexibility index (Phi) is 6.26. The molecule has 1 aliphatic rings. The average molecular weight is 442 g/mol. The summed E-state index contributed by atoms with van der Waals surface area (Å²) in [4.78, 5) is 33.8. The van der Waals surface area contributed by atoms with Gasteiger partial charge < -0.3 is 15.8 Å². The van der Waals surface area contributed by atoms with Gasteiger partial charge in [-0.25, -0.2) is 9.97 Å². The van der Waals surface area contributed by atoms with Crippen molar-refractivity contribution in [2.24, 2.45) is 0 Å². The van der Waals surface area contributed by atoms with Crippen LogP contribution in [0, 0.1) is 10.1 Å². The van der Waals surface area contributed by atoms with Crippen molar-refractivity contribution in [1.29, 1.82) is 0 Å². The van der Waals surface area contributed by atoms with Crippen LogP contribution in [0.5, 0.6) is 0 Å². The SMILES string of the molecule is Nc1nc(COC(=O)CCNc2ccccc2[N+](=O)[O-])nc2sc3c(c12)CCCCC3. The first-order valence-electron chi connectivity index (χ1n) is 10.2. The van der Waals surface area contributed by atoms with E-state index in [9.17, 15) is 14.9 Å². The van der Waals surface area contributed by atoms with E-state index < -0.39 is 10.9 Å². The summed E-state index contributed by atoms with van der Waals surface area (Å²) >= 11 is 1.65. The molecule has 10 heteroatoms. The lowest BCUT2D eigenvalue weighted by molar-refractivity contribution is -0.384. The third kappa shape index (κ3) is 4.74. The molecule has 0 bridgehead atoms. The minimum Gasteiger partial charge on any atom is -0.457 e. The first-order valence-corrected chi connectivity index (χ1v) is 11.0. The molecule has 0 fully saturated rings. The molecular formula is C21H23N5O4S. The van der Waals surface area contributed by atoms with E-state index >= 15 is 0 Å². The summed E-state index contributed by atoms with van der Waals surface area (Å²) in [6.45, 7) is 0.149. The minimum absolute atomic E-state index is 0.0395. The van der Waals surface area contributed by atoms with Crippen LogP contribution in [0.3, 0.4) is 0 Å². The molecular weight excluding hydrogens is 418 g/mol. The molecule has 0 atom stereocenters. The number of carbonyl (C=O) groups excluding carboxylic acids is 1. The number of hydrogen-bond acceptors (Lipinski definition) is 9. The Morgan fingerprint density at radius 2 is 2.03 bits per heavy atom. The Morgan fingerprint density at radius 3 is 2.87 bits per heavy atom. The van der Waals surface area contributed by atoms with Crippen LogP contribution in [-0.4, -0.2) is 27.4 Å².